The molecule has 0 radical (unpaired) electrons. The van der Waals surface area contributed by atoms with Crippen LogP contribution < -0.4 is 5.56 Å². The SMILES string of the molecule is Cc1cc(=O)n(C)nc1-c1ccc(C(C)N2CC[C@](CC(C)(C)O)(c3ccccc3)OC2=O)cc1. The molecule has 2 atom stereocenters. The Hall–Kier alpha value is -3.45. The van der Waals surface area contributed by atoms with Crippen LogP contribution in [0.4, 0.5) is 4.79 Å². The van der Waals surface area contributed by atoms with Crippen molar-refractivity contribution < 1.29 is 14.6 Å². The number of ether oxygens (including phenoxy) is 1. The Labute approximate surface area is 206 Å². The number of aliphatic hydroxyl groups is 1. The fraction of sp³-hybridized carbons (Fsp3) is 0.393. The minimum absolute atomic E-state index is 0.142. The summed E-state index contributed by atoms with van der Waals surface area (Å²) in [7, 11) is 1.64. The smallest absolute Gasteiger partial charge is 0.411 e. The summed E-state index contributed by atoms with van der Waals surface area (Å²) in [4.78, 5) is 26.8. The van der Waals surface area contributed by atoms with Crippen molar-refractivity contribution >= 4 is 6.09 Å². The van der Waals surface area contributed by atoms with Gasteiger partial charge < -0.3 is 14.7 Å². The van der Waals surface area contributed by atoms with E-state index in [1.165, 1.54) is 4.68 Å². The van der Waals surface area contributed by atoms with Crippen molar-refractivity contribution in [2.24, 2.45) is 7.05 Å². The zero-order valence-corrected chi connectivity index (χ0v) is 21.0. The highest BCUT2D eigenvalue weighted by Crippen LogP contribution is 2.42. The molecule has 1 N–H and O–H groups in total. The van der Waals surface area contributed by atoms with Crippen molar-refractivity contribution in [3.05, 3.63) is 87.7 Å². The topological polar surface area (TPSA) is 84.7 Å². The highest BCUT2D eigenvalue weighted by atomic mass is 16.6. The standard InChI is InChI=1S/C28H33N3O4/c1-19-17-24(32)30(5)29-25(19)22-13-11-21(12-14-22)20(2)31-16-15-28(35-26(31)33,18-27(3,4)34)23-9-7-6-8-10-23/h6-14,17,20,34H,15-16,18H2,1-5H3/t20?,28-/m0/s1. The van der Waals surface area contributed by atoms with E-state index in [4.69, 9.17) is 4.74 Å². The summed E-state index contributed by atoms with van der Waals surface area (Å²) in [5, 5.41) is 15.0. The van der Waals surface area contributed by atoms with E-state index >= 15 is 0 Å². The average Bonchev–Trinajstić information content (AvgIpc) is 2.81. The zero-order valence-electron chi connectivity index (χ0n) is 21.0. The second-order valence-corrected chi connectivity index (χ2v) is 10.1. The van der Waals surface area contributed by atoms with Gasteiger partial charge in [0.2, 0.25) is 0 Å². The van der Waals surface area contributed by atoms with Crippen molar-refractivity contribution in [3.63, 3.8) is 0 Å². The molecule has 184 valence electrons. The number of carbonyl (C=O) groups excluding carboxylic acids is 1. The lowest BCUT2D eigenvalue weighted by molar-refractivity contribution is -0.101. The summed E-state index contributed by atoms with van der Waals surface area (Å²) in [5.41, 5.74) is 2.34. The van der Waals surface area contributed by atoms with Gasteiger partial charge in [0.25, 0.3) is 5.56 Å². The minimum Gasteiger partial charge on any atom is -0.438 e. The summed E-state index contributed by atoms with van der Waals surface area (Å²) in [6.07, 6.45) is 0.506. The predicted octanol–water partition coefficient (Wildman–Crippen LogP) is 4.72. The average molecular weight is 476 g/mol. The van der Waals surface area contributed by atoms with E-state index in [9.17, 15) is 14.7 Å². The van der Waals surface area contributed by atoms with Crippen molar-refractivity contribution in [2.75, 3.05) is 6.54 Å². The van der Waals surface area contributed by atoms with Crippen LogP contribution in [-0.4, -0.2) is 38.0 Å². The predicted molar refractivity (Wildman–Crippen MR) is 135 cm³/mol. The Morgan fingerprint density at radius 3 is 2.37 bits per heavy atom. The van der Waals surface area contributed by atoms with Gasteiger partial charge in [-0.05, 0) is 44.4 Å². The van der Waals surface area contributed by atoms with Crippen molar-refractivity contribution in [1.82, 2.24) is 14.7 Å². The largest absolute Gasteiger partial charge is 0.438 e. The zero-order chi connectivity index (χ0) is 25.4. The Morgan fingerprint density at radius 1 is 1.11 bits per heavy atom. The van der Waals surface area contributed by atoms with Crippen molar-refractivity contribution in [3.8, 4) is 11.3 Å². The summed E-state index contributed by atoms with van der Waals surface area (Å²) in [6, 6.07) is 18.9. The van der Waals surface area contributed by atoms with Crippen LogP contribution >= 0.6 is 0 Å². The summed E-state index contributed by atoms with van der Waals surface area (Å²) >= 11 is 0. The molecule has 1 aliphatic heterocycles. The van der Waals surface area contributed by atoms with Crippen LogP contribution in [0.5, 0.6) is 0 Å². The third kappa shape index (κ3) is 5.15. The molecule has 1 unspecified atom stereocenters. The van der Waals surface area contributed by atoms with Crippen LogP contribution in [0.15, 0.2) is 65.5 Å². The van der Waals surface area contributed by atoms with Crippen LogP contribution in [0.1, 0.15) is 56.3 Å². The summed E-state index contributed by atoms with van der Waals surface area (Å²) < 4.78 is 7.44. The third-order valence-electron chi connectivity index (χ3n) is 6.71. The van der Waals surface area contributed by atoms with Gasteiger partial charge in [-0.25, -0.2) is 9.48 Å². The molecule has 2 aromatic carbocycles. The number of rotatable bonds is 6. The first-order valence-electron chi connectivity index (χ1n) is 11.9. The molecule has 4 rings (SSSR count). The number of nitrogens with zero attached hydrogens (tertiary/aromatic N) is 3. The van der Waals surface area contributed by atoms with Gasteiger partial charge in [-0.2, -0.15) is 5.10 Å². The molecule has 2 heterocycles. The van der Waals surface area contributed by atoms with Crippen molar-refractivity contribution in [1.29, 1.82) is 0 Å². The maximum Gasteiger partial charge on any atom is 0.411 e. The number of amides is 1. The Bertz CT molecular complexity index is 1260. The molecule has 7 heteroatoms. The Balaban J connectivity index is 1.55. The molecule has 1 amide bonds. The Kier molecular flexibility index (Phi) is 6.56. The molecular weight excluding hydrogens is 442 g/mol. The van der Waals surface area contributed by atoms with E-state index < -0.39 is 17.3 Å². The van der Waals surface area contributed by atoms with Crippen LogP contribution in [0, 0.1) is 6.92 Å². The third-order valence-corrected chi connectivity index (χ3v) is 6.71. The van der Waals surface area contributed by atoms with Gasteiger partial charge in [0.1, 0.15) is 5.60 Å². The van der Waals surface area contributed by atoms with Crippen LogP contribution in [-0.2, 0) is 17.4 Å². The highest BCUT2D eigenvalue weighted by molar-refractivity contribution is 5.70. The minimum atomic E-state index is -0.993. The molecule has 1 aliphatic rings. The van der Waals surface area contributed by atoms with E-state index in [-0.39, 0.29) is 11.6 Å². The molecule has 1 saturated heterocycles. The van der Waals surface area contributed by atoms with Gasteiger partial charge in [-0.15, -0.1) is 0 Å². The molecule has 0 aliphatic carbocycles. The molecule has 0 bridgehead atoms. The monoisotopic (exact) mass is 475 g/mol. The maximum absolute atomic E-state index is 13.3. The van der Waals surface area contributed by atoms with E-state index in [1.54, 1.807) is 31.9 Å². The molecule has 0 spiro atoms. The molecular formula is C28H33N3O4. The lowest BCUT2D eigenvalue weighted by Gasteiger charge is -2.45. The first kappa shape index (κ1) is 24.7. The molecule has 1 aromatic heterocycles. The fourth-order valence-corrected chi connectivity index (χ4v) is 4.90. The lowest BCUT2D eigenvalue weighted by Crippen LogP contribution is -2.51. The van der Waals surface area contributed by atoms with Crippen LogP contribution in [0.2, 0.25) is 0 Å². The second-order valence-electron chi connectivity index (χ2n) is 10.1. The van der Waals surface area contributed by atoms with Crippen LogP contribution in [0.3, 0.4) is 0 Å². The number of hydrogen-bond donors (Lipinski definition) is 1. The van der Waals surface area contributed by atoms with E-state index in [0.29, 0.717) is 19.4 Å². The Morgan fingerprint density at radius 2 is 1.77 bits per heavy atom. The number of carbonyl (C=O) groups is 1. The van der Waals surface area contributed by atoms with E-state index in [1.807, 2.05) is 68.4 Å². The number of aromatic nitrogens is 2. The number of aryl methyl sites for hydroxylation is 2. The van der Waals surface area contributed by atoms with E-state index in [0.717, 1.165) is 27.9 Å². The van der Waals surface area contributed by atoms with Gasteiger partial charge in [-0.3, -0.25) is 4.79 Å². The van der Waals surface area contributed by atoms with Crippen molar-refractivity contribution in [2.45, 2.75) is 57.8 Å². The normalized spacial score (nSPS) is 19.4. The maximum atomic E-state index is 13.3. The van der Waals surface area contributed by atoms with Crippen LogP contribution in [0.25, 0.3) is 11.3 Å². The molecule has 7 nitrogen and oxygen atoms in total. The molecule has 1 fully saturated rings. The number of benzene rings is 2. The first-order valence-corrected chi connectivity index (χ1v) is 11.9. The van der Waals surface area contributed by atoms with Gasteiger partial charge in [0.05, 0.1) is 17.3 Å². The number of hydrogen-bond acceptors (Lipinski definition) is 5. The molecule has 35 heavy (non-hydrogen) atoms. The quantitative estimate of drug-likeness (QED) is 0.558. The molecule has 3 aromatic rings. The highest BCUT2D eigenvalue weighted by Gasteiger charge is 2.46. The van der Waals surface area contributed by atoms with E-state index in [2.05, 4.69) is 5.10 Å². The van der Waals surface area contributed by atoms with Gasteiger partial charge in [0.15, 0.2) is 0 Å². The summed E-state index contributed by atoms with van der Waals surface area (Å²) in [5.74, 6) is 0. The second kappa shape index (κ2) is 9.30. The van der Waals surface area contributed by atoms with Gasteiger partial charge in [-0.1, -0.05) is 54.6 Å². The fourth-order valence-electron chi connectivity index (χ4n) is 4.90. The molecule has 0 saturated carbocycles. The van der Waals surface area contributed by atoms with Gasteiger partial charge in [0, 0.05) is 38.1 Å². The lowest BCUT2D eigenvalue weighted by atomic mass is 9.80. The first-order chi connectivity index (χ1) is 16.5. The number of cyclic esters (lactones) is 1. The van der Waals surface area contributed by atoms with Gasteiger partial charge >= 0.3 is 6.09 Å². The summed E-state index contributed by atoms with van der Waals surface area (Å²) in [6.45, 7) is 7.84.